The Morgan fingerprint density at radius 1 is 1.37 bits per heavy atom. The van der Waals surface area contributed by atoms with Crippen molar-refractivity contribution in [3.63, 3.8) is 0 Å². The Hall–Kier alpha value is -0.430. The van der Waals surface area contributed by atoms with E-state index in [0.717, 1.165) is 15.6 Å². The van der Waals surface area contributed by atoms with E-state index in [1.807, 2.05) is 13.0 Å². The Labute approximate surface area is 123 Å². The number of rotatable bonds is 5. The van der Waals surface area contributed by atoms with Crippen LogP contribution < -0.4 is 5.32 Å². The fourth-order valence-corrected chi connectivity index (χ4v) is 3.65. The summed E-state index contributed by atoms with van der Waals surface area (Å²) in [6.07, 6.45) is 2.44. The van der Waals surface area contributed by atoms with E-state index in [4.69, 9.17) is 0 Å². The van der Waals surface area contributed by atoms with Gasteiger partial charge in [0.1, 0.15) is 0 Å². The molecule has 1 aliphatic carbocycles. The molecule has 19 heavy (non-hydrogen) atoms. The Bertz CT molecular complexity index is 581. The molecule has 1 fully saturated rings. The topological polar surface area (TPSA) is 49.4 Å². The van der Waals surface area contributed by atoms with Gasteiger partial charge in [0.05, 0.1) is 4.90 Å². The first-order chi connectivity index (χ1) is 8.82. The summed E-state index contributed by atoms with van der Waals surface area (Å²) in [6.45, 7) is 2.53. The lowest BCUT2D eigenvalue weighted by Gasteiger charge is -2.16. The highest BCUT2D eigenvalue weighted by molar-refractivity contribution is 9.10. The van der Waals surface area contributed by atoms with Gasteiger partial charge in [-0.25, -0.2) is 12.7 Å². The molecule has 1 N–H and O–H groups in total. The third kappa shape index (κ3) is 3.37. The monoisotopic (exact) mass is 346 g/mol. The summed E-state index contributed by atoms with van der Waals surface area (Å²) in [5.41, 5.74) is 1.74. The molecular formula is C13H19BrN2O2S. The van der Waals surface area contributed by atoms with Crippen LogP contribution in [0.2, 0.25) is 0 Å². The summed E-state index contributed by atoms with van der Waals surface area (Å²) in [5, 5.41) is 3.40. The summed E-state index contributed by atoms with van der Waals surface area (Å²) < 4.78 is 26.7. The molecule has 0 atom stereocenters. The second kappa shape index (κ2) is 5.52. The van der Waals surface area contributed by atoms with Crippen LogP contribution >= 0.6 is 15.9 Å². The maximum absolute atomic E-state index is 12.3. The molecule has 0 aliphatic heterocycles. The molecule has 1 aromatic rings. The molecule has 0 amide bonds. The fourth-order valence-electron chi connectivity index (χ4n) is 1.82. The highest BCUT2D eigenvalue weighted by atomic mass is 79.9. The second-order valence-corrected chi connectivity index (χ2v) is 8.12. The van der Waals surface area contributed by atoms with Crippen LogP contribution in [0.5, 0.6) is 0 Å². The van der Waals surface area contributed by atoms with E-state index in [1.54, 1.807) is 20.2 Å². The summed E-state index contributed by atoms with van der Waals surface area (Å²) in [5.74, 6) is 0. The van der Waals surface area contributed by atoms with Gasteiger partial charge >= 0.3 is 0 Å². The minimum Gasteiger partial charge on any atom is -0.310 e. The number of hydrogen-bond acceptors (Lipinski definition) is 3. The molecule has 2 rings (SSSR count). The van der Waals surface area contributed by atoms with Crippen molar-refractivity contribution in [2.24, 2.45) is 0 Å². The van der Waals surface area contributed by atoms with Crippen LogP contribution in [0.15, 0.2) is 21.5 Å². The minimum absolute atomic E-state index is 0.375. The molecule has 1 aromatic carbocycles. The molecule has 6 heteroatoms. The van der Waals surface area contributed by atoms with Gasteiger partial charge in [-0.05, 0) is 43.0 Å². The average Bonchev–Trinajstić information content (AvgIpc) is 3.14. The van der Waals surface area contributed by atoms with Crippen molar-refractivity contribution in [1.82, 2.24) is 9.62 Å². The molecule has 1 saturated carbocycles. The number of halogens is 1. The van der Waals surface area contributed by atoms with Gasteiger partial charge in [-0.1, -0.05) is 15.9 Å². The zero-order chi connectivity index (χ0) is 14.2. The first-order valence-corrected chi connectivity index (χ1v) is 8.50. The second-order valence-electron chi connectivity index (χ2n) is 5.14. The summed E-state index contributed by atoms with van der Waals surface area (Å²) in [4.78, 5) is 0.375. The molecule has 0 saturated heterocycles. The van der Waals surface area contributed by atoms with Gasteiger partial charge in [0.25, 0.3) is 0 Å². The first-order valence-electron chi connectivity index (χ1n) is 6.27. The van der Waals surface area contributed by atoms with Gasteiger partial charge in [0, 0.05) is 31.2 Å². The number of nitrogens with one attached hydrogen (secondary N) is 1. The Balaban J connectivity index is 2.35. The predicted octanol–water partition coefficient (Wildman–Crippen LogP) is 2.26. The van der Waals surface area contributed by atoms with Gasteiger partial charge in [-0.15, -0.1) is 0 Å². The van der Waals surface area contributed by atoms with E-state index in [1.165, 1.54) is 17.1 Å². The molecular weight excluding hydrogens is 328 g/mol. The number of hydrogen-bond donors (Lipinski definition) is 1. The smallest absolute Gasteiger partial charge is 0.242 e. The van der Waals surface area contributed by atoms with Gasteiger partial charge in [-0.3, -0.25) is 0 Å². The van der Waals surface area contributed by atoms with Crippen LogP contribution in [0.1, 0.15) is 24.0 Å². The van der Waals surface area contributed by atoms with Crippen LogP contribution in [0.25, 0.3) is 0 Å². The van der Waals surface area contributed by atoms with E-state index >= 15 is 0 Å². The summed E-state index contributed by atoms with van der Waals surface area (Å²) in [6, 6.07) is 4.36. The Kier molecular flexibility index (Phi) is 4.35. The molecule has 0 aromatic heterocycles. The van der Waals surface area contributed by atoms with E-state index in [0.29, 0.717) is 17.5 Å². The largest absolute Gasteiger partial charge is 0.310 e. The van der Waals surface area contributed by atoms with Crippen molar-refractivity contribution >= 4 is 26.0 Å². The molecule has 0 unspecified atom stereocenters. The van der Waals surface area contributed by atoms with Crippen molar-refractivity contribution in [1.29, 1.82) is 0 Å². The SMILES string of the molecule is Cc1c(Br)cc(CNC2CC2)cc1S(=O)(=O)N(C)C. The van der Waals surface area contributed by atoms with Crippen molar-refractivity contribution < 1.29 is 8.42 Å². The van der Waals surface area contributed by atoms with Gasteiger partial charge < -0.3 is 5.32 Å². The van der Waals surface area contributed by atoms with E-state index in [9.17, 15) is 8.42 Å². The van der Waals surface area contributed by atoms with Gasteiger partial charge in [0.2, 0.25) is 10.0 Å². The third-order valence-electron chi connectivity index (χ3n) is 3.29. The molecule has 0 heterocycles. The third-order valence-corrected chi connectivity index (χ3v) is 6.05. The lowest BCUT2D eigenvalue weighted by Crippen LogP contribution is -2.24. The highest BCUT2D eigenvalue weighted by Crippen LogP contribution is 2.28. The lowest BCUT2D eigenvalue weighted by molar-refractivity contribution is 0.520. The quantitative estimate of drug-likeness (QED) is 0.889. The van der Waals surface area contributed by atoms with Crippen molar-refractivity contribution in [3.05, 3.63) is 27.7 Å². The maximum atomic E-state index is 12.3. The minimum atomic E-state index is -3.40. The van der Waals surface area contributed by atoms with Crippen molar-refractivity contribution in [2.45, 2.75) is 37.2 Å². The predicted molar refractivity (Wildman–Crippen MR) is 79.6 cm³/mol. The van der Waals surface area contributed by atoms with Crippen molar-refractivity contribution in [2.75, 3.05) is 14.1 Å². The zero-order valence-corrected chi connectivity index (χ0v) is 13.8. The Morgan fingerprint density at radius 3 is 2.53 bits per heavy atom. The molecule has 0 radical (unpaired) electrons. The number of nitrogens with zero attached hydrogens (tertiary/aromatic N) is 1. The molecule has 0 spiro atoms. The zero-order valence-electron chi connectivity index (χ0n) is 11.4. The molecule has 4 nitrogen and oxygen atoms in total. The first kappa shape index (κ1) is 15.0. The molecule has 106 valence electrons. The van der Waals surface area contributed by atoms with Crippen LogP contribution in [-0.2, 0) is 16.6 Å². The molecule has 0 bridgehead atoms. The molecule has 1 aliphatic rings. The number of benzene rings is 1. The fraction of sp³-hybridized carbons (Fsp3) is 0.538. The highest BCUT2D eigenvalue weighted by Gasteiger charge is 2.23. The summed E-state index contributed by atoms with van der Waals surface area (Å²) >= 11 is 3.45. The van der Waals surface area contributed by atoms with Crippen LogP contribution in [0.3, 0.4) is 0 Å². The van der Waals surface area contributed by atoms with Crippen LogP contribution in [0, 0.1) is 6.92 Å². The van der Waals surface area contributed by atoms with E-state index in [2.05, 4.69) is 21.2 Å². The van der Waals surface area contributed by atoms with Gasteiger partial charge in [-0.2, -0.15) is 0 Å². The average molecular weight is 347 g/mol. The maximum Gasteiger partial charge on any atom is 0.242 e. The van der Waals surface area contributed by atoms with Crippen LogP contribution in [0.4, 0.5) is 0 Å². The van der Waals surface area contributed by atoms with Gasteiger partial charge in [0.15, 0.2) is 0 Å². The lowest BCUT2D eigenvalue weighted by atomic mass is 10.1. The standard InChI is InChI=1S/C13H19BrN2O2S/c1-9-12(14)6-10(8-15-11-4-5-11)7-13(9)19(17,18)16(2)3/h6-7,11,15H,4-5,8H2,1-3H3. The van der Waals surface area contributed by atoms with E-state index < -0.39 is 10.0 Å². The Morgan fingerprint density at radius 2 is 2.00 bits per heavy atom. The van der Waals surface area contributed by atoms with E-state index in [-0.39, 0.29) is 0 Å². The normalized spacial score (nSPS) is 16.1. The van der Waals surface area contributed by atoms with Crippen molar-refractivity contribution in [3.8, 4) is 0 Å². The number of sulfonamides is 1. The summed E-state index contributed by atoms with van der Waals surface area (Å²) in [7, 11) is -0.293. The van der Waals surface area contributed by atoms with Crippen LogP contribution in [-0.4, -0.2) is 32.9 Å².